The second-order valence-electron chi connectivity index (χ2n) is 3.04. The molecule has 1 amide bonds. The standard InChI is InChI=1S/C9H15N3O2S/c1-14-7(3-10)2-9(13)12-5-8-4-11-6-15-8/h4,6-7H,2-3,5,10H2,1H3,(H,12,13). The lowest BCUT2D eigenvalue weighted by molar-refractivity contribution is -0.123. The summed E-state index contributed by atoms with van der Waals surface area (Å²) < 4.78 is 5.01. The lowest BCUT2D eigenvalue weighted by Gasteiger charge is -2.11. The van der Waals surface area contributed by atoms with Gasteiger partial charge >= 0.3 is 0 Å². The van der Waals surface area contributed by atoms with Gasteiger partial charge in [0.25, 0.3) is 0 Å². The number of nitrogens with zero attached hydrogens (tertiary/aromatic N) is 1. The molecule has 1 heterocycles. The van der Waals surface area contributed by atoms with Gasteiger partial charge in [-0.05, 0) is 0 Å². The summed E-state index contributed by atoms with van der Waals surface area (Å²) in [5.74, 6) is -0.0549. The predicted molar refractivity (Wildman–Crippen MR) is 58.4 cm³/mol. The van der Waals surface area contributed by atoms with Crippen LogP contribution in [-0.4, -0.2) is 30.6 Å². The summed E-state index contributed by atoms with van der Waals surface area (Å²) in [5.41, 5.74) is 7.14. The molecule has 1 aromatic heterocycles. The maximum atomic E-state index is 11.4. The Labute approximate surface area is 92.6 Å². The Balaban J connectivity index is 2.24. The van der Waals surface area contributed by atoms with E-state index in [-0.39, 0.29) is 12.0 Å². The maximum absolute atomic E-state index is 11.4. The number of thiazole rings is 1. The Morgan fingerprint density at radius 3 is 3.13 bits per heavy atom. The van der Waals surface area contributed by atoms with Crippen LogP contribution in [0.25, 0.3) is 0 Å². The molecule has 3 N–H and O–H groups in total. The van der Waals surface area contributed by atoms with Crippen molar-refractivity contribution < 1.29 is 9.53 Å². The zero-order valence-corrected chi connectivity index (χ0v) is 9.42. The van der Waals surface area contributed by atoms with E-state index in [1.165, 1.54) is 11.3 Å². The van der Waals surface area contributed by atoms with Crippen molar-refractivity contribution in [2.24, 2.45) is 5.73 Å². The fourth-order valence-corrected chi connectivity index (χ4v) is 1.59. The van der Waals surface area contributed by atoms with Crippen LogP contribution in [0.2, 0.25) is 0 Å². The minimum atomic E-state index is -0.202. The second kappa shape index (κ2) is 6.49. The van der Waals surface area contributed by atoms with E-state index in [0.717, 1.165) is 4.88 Å². The zero-order valence-electron chi connectivity index (χ0n) is 8.60. The van der Waals surface area contributed by atoms with Crippen LogP contribution >= 0.6 is 11.3 Å². The first kappa shape index (κ1) is 12.1. The van der Waals surface area contributed by atoms with Crippen LogP contribution in [0.1, 0.15) is 11.3 Å². The molecule has 0 aliphatic heterocycles. The van der Waals surface area contributed by atoms with Crippen LogP contribution in [0.3, 0.4) is 0 Å². The number of amides is 1. The molecule has 0 radical (unpaired) electrons. The Morgan fingerprint density at radius 1 is 1.80 bits per heavy atom. The van der Waals surface area contributed by atoms with E-state index in [0.29, 0.717) is 19.5 Å². The van der Waals surface area contributed by atoms with E-state index < -0.39 is 0 Å². The molecule has 0 saturated carbocycles. The van der Waals surface area contributed by atoms with E-state index >= 15 is 0 Å². The van der Waals surface area contributed by atoms with Crippen molar-refractivity contribution in [3.8, 4) is 0 Å². The van der Waals surface area contributed by atoms with Crippen molar-refractivity contribution in [2.45, 2.75) is 19.1 Å². The van der Waals surface area contributed by atoms with Gasteiger partial charge in [0.05, 0.1) is 24.6 Å². The predicted octanol–water partition coefficient (Wildman–Crippen LogP) is 0.123. The van der Waals surface area contributed by atoms with Gasteiger partial charge in [0.15, 0.2) is 0 Å². The molecule has 1 atom stereocenters. The van der Waals surface area contributed by atoms with Gasteiger partial charge in [-0.25, -0.2) is 0 Å². The van der Waals surface area contributed by atoms with Gasteiger partial charge in [0.2, 0.25) is 5.91 Å². The number of nitrogens with one attached hydrogen (secondary N) is 1. The second-order valence-corrected chi connectivity index (χ2v) is 4.01. The number of carbonyl (C=O) groups excluding carboxylic acids is 1. The third kappa shape index (κ3) is 4.37. The number of nitrogens with two attached hydrogens (primary N) is 1. The van der Waals surface area contributed by atoms with Gasteiger partial charge in [-0.15, -0.1) is 11.3 Å². The first-order chi connectivity index (χ1) is 7.26. The molecule has 1 unspecified atom stereocenters. The van der Waals surface area contributed by atoms with Crippen molar-refractivity contribution >= 4 is 17.2 Å². The molecule has 15 heavy (non-hydrogen) atoms. The van der Waals surface area contributed by atoms with Crippen LogP contribution in [0, 0.1) is 0 Å². The number of rotatable bonds is 6. The third-order valence-corrected chi connectivity index (χ3v) is 2.73. The van der Waals surface area contributed by atoms with Gasteiger partial charge in [-0.3, -0.25) is 9.78 Å². The summed E-state index contributed by atoms with van der Waals surface area (Å²) in [5, 5.41) is 2.78. The normalized spacial score (nSPS) is 12.4. The molecule has 84 valence electrons. The molecule has 6 heteroatoms. The molecule has 0 aromatic carbocycles. The largest absolute Gasteiger partial charge is 0.380 e. The number of aromatic nitrogens is 1. The first-order valence-electron chi connectivity index (χ1n) is 4.63. The minimum Gasteiger partial charge on any atom is -0.380 e. The molecular weight excluding hydrogens is 214 g/mol. The molecule has 0 bridgehead atoms. The van der Waals surface area contributed by atoms with Crippen LogP contribution in [0.15, 0.2) is 11.7 Å². The Bertz CT molecular complexity index is 286. The summed E-state index contributed by atoms with van der Waals surface area (Å²) in [6.07, 6.45) is 1.83. The minimum absolute atomic E-state index is 0.0549. The zero-order chi connectivity index (χ0) is 11.1. The van der Waals surface area contributed by atoms with E-state index in [1.807, 2.05) is 0 Å². The fraction of sp³-hybridized carbons (Fsp3) is 0.556. The van der Waals surface area contributed by atoms with Crippen molar-refractivity contribution in [3.05, 3.63) is 16.6 Å². The highest BCUT2D eigenvalue weighted by atomic mass is 32.1. The number of hydrogen-bond donors (Lipinski definition) is 2. The Hall–Kier alpha value is -0.980. The van der Waals surface area contributed by atoms with Gasteiger partial charge in [0.1, 0.15) is 0 Å². The lowest BCUT2D eigenvalue weighted by atomic mass is 10.2. The van der Waals surface area contributed by atoms with E-state index in [2.05, 4.69) is 10.3 Å². The fourth-order valence-electron chi connectivity index (χ4n) is 1.06. The summed E-state index contributed by atoms with van der Waals surface area (Å²) >= 11 is 1.51. The number of carbonyl (C=O) groups is 1. The quantitative estimate of drug-likeness (QED) is 0.726. The van der Waals surface area contributed by atoms with Crippen molar-refractivity contribution in [1.29, 1.82) is 0 Å². The third-order valence-electron chi connectivity index (χ3n) is 1.95. The highest BCUT2D eigenvalue weighted by Crippen LogP contribution is 2.04. The molecule has 0 saturated heterocycles. The van der Waals surface area contributed by atoms with Crippen LogP contribution < -0.4 is 11.1 Å². The SMILES string of the molecule is COC(CN)CC(=O)NCc1cncs1. The van der Waals surface area contributed by atoms with Gasteiger partial charge < -0.3 is 15.8 Å². The van der Waals surface area contributed by atoms with E-state index in [4.69, 9.17) is 10.5 Å². The van der Waals surface area contributed by atoms with Crippen molar-refractivity contribution in [3.63, 3.8) is 0 Å². The van der Waals surface area contributed by atoms with E-state index in [1.54, 1.807) is 18.8 Å². The van der Waals surface area contributed by atoms with Crippen LogP contribution in [0.4, 0.5) is 0 Å². The topological polar surface area (TPSA) is 77.2 Å². The van der Waals surface area contributed by atoms with E-state index in [9.17, 15) is 4.79 Å². The molecule has 5 nitrogen and oxygen atoms in total. The molecule has 1 aromatic rings. The summed E-state index contributed by atoms with van der Waals surface area (Å²) in [6, 6.07) is 0. The monoisotopic (exact) mass is 229 g/mol. The number of ether oxygens (including phenoxy) is 1. The van der Waals surface area contributed by atoms with Crippen LogP contribution in [0.5, 0.6) is 0 Å². The average Bonchev–Trinajstić information content (AvgIpc) is 2.75. The average molecular weight is 229 g/mol. The Morgan fingerprint density at radius 2 is 2.60 bits per heavy atom. The summed E-state index contributed by atoms with van der Waals surface area (Å²) in [6.45, 7) is 0.870. The molecule has 0 spiro atoms. The van der Waals surface area contributed by atoms with Crippen molar-refractivity contribution in [2.75, 3.05) is 13.7 Å². The molecule has 0 aliphatic rings. The number of methoxy groups -OCH3 is 1. The summed E-state index contributed by atoms with van der Waals surface area (Å²) in [7, 11) is 1.55. The highest BCUT2D eigenvalue weighted by Gasteiger charge is 2.10. The lowest BCUT2D eigenvalue weighted by Crippen LogP contribution is -2.31. The van der Waals surface area contributed by atoms with Gasteiger partial charge in [-0.2, -0.15) is 0 Å². The smallest absolute Gasteiger partial charge is 0.222 e. The van der Waals surface area contributed by atoms with Gasteiger partial charge in [-0.1, -0.05) is 0 Å². The molecule has 0 aliphatic carbocycles. The molecular formula is C9H15N3O2S. The van der Waals surface area contributed by atoms with Gasteiger partial charge in [0, 0.05) is 24.7 Å². The summed E-state index contributed by atoms with van der Waals surface area (Å²) in [4.78, 5) is 16.4. The molecule has 0 fully saturated rings. The van der Waals surface area contributed by atoms with Crippen molar-refractivity contribution in [1.82, 2.24) is 10.3 Å². The molecule has 1 rings (SSSR count). The highest BCUT2D eigenvalue weighted by molar-refractivity contribution is 7.09. The Kier molecular flexibility index (Phi) is 5.23. The maximum Gasteiger partial charge on any atom is 0.222 e. The number of hydrogen-bond acceptors (Lipinski definition) is 5. The van der Waals surface area contributed by atoms with Crippen LogP contribution in [-0.2, 0) is 16.1 Å². The first-order valence-corrected chi connectivity index (χ1v) is 5.51.